The van der Waals surface area contributed by atoms with Gasteiger partial charge in [0.2, 0.25) is 5.95 Å². The third-order valence-electron chi connectivity index (χ3n) is 4.89. The predicted molar refractivity (Wildman–Crippen MR) is 141 cm³/mol. The molecule has 11 heteroatoms. The minimum atomic E-state index is -1.14. The number of pyridine rings is 1. The normalized spacial score (nSPS) is 11.8. The number of halogens is 2. The fourth-order valence-corrected chi connectivity index (χ4v) is 3.52. The maximum atomic E-state index is 14.9. The highest BCUT2D eigenvalue weighted by molar-refractivity contribution is 6.16. The summed E-state index contributed by atoms with van der Waals surface area (Å²) in [6, 6.07) is 9.39. The lowest BCUT2D eigenvalue weighted by molar-refractivity contribution is 0.0426. The number of fused-ring (bicyclic) bond motifs is 1. The number of carbonyl (C=O) groups excluding carboxylic acids is 3. The number of hydrogen-bond acceptors (Lipinski definition) is 8. The Hall–Kier alpha value is -3.66. The molecule has 0 unspecified atom stereocenters. The molecule has 3 rings (SSSR count). The lowest BCUT2D eigenvalue weighted by atomic mass is 10.1. The Balaban J connectivity index is 2.09. The van der Waals surface area contributed by atoms with E-state index in [1.165, 1.54) is 12.1 Å². The Morgan fingerprint density at radius 1 is 0.868 bits per heavy atom. The summed E-state index contributed by atoms with van der Waals surface area (Å²) in [5.74, 6) is -1.54. The van der Waals surface area contributed by atoms with E-state index in [9.17, 15) is 18.8 Å². The molecule has 9 nitrogen and oxygen atoms in total. The molecule has 0 spiro atoms. The quantitative estimate of drug-likeness (QED) is 0.259. The summed E-state index contributed by atoms with van der Waals surface area (Å²) < 4.78 is 25.6. The molecule has 3 aromatic rings. The number of Topliss-reactive ketones (excluding diaryl/α,β-unsaturated/α-hetero) is 1. The van der Waals surface area contributed by atoms with E-state index in [1.54, 1.807) is 59.7 Å². The number of amides is 2. The average molecular weight is 545 g/mol. The first-order valence-corrected chi connectivity index (χ1v) is 12.5. The number of carbonyl (C=O) groups is 3. The van der Waals surface area contributed by atoms with Crippen LogP contribution in [0.4, 0.5) is 19.9 Å². The Kier molecular flexibility index (Phi) is 8.66. The number of rotatable bonds is 6. The van der Waals surface area contributed by atoms with Crippen LogP contribution in [-0.2, 0) is 21.8 Å². The van der Waals surface area contributed by atoms with Gasteiger partial charge in [-0.1, -0.05) is 18.2 Å². The largest absolute Gasteiger partial charge is 0.443 e. The number of anilines is 1. The van der Waals surface area contributed by atoms with Gasteiger partial charge in [0.25, 0.3) is 0 Å². The lowest BCUT2D eigenvalue weighted by Crippen LogP contribution is -2.44. The van der Waals surface area contributed by atoms with E-state index in [0.29, 0.717) is 16.3 Å². The van der Waals surface area contributed by atoms with E-state index < -0.39 is 40.9 Å². The van der Waals surface area contributed by atoms with Crippen molar-refractivity contribution in [3.63, 3.8) is 0 Å². The van der Waals surface area contributed by atoms with Crippen molar-refractivity contribution in [2.75, 3.05) is 4.90 Å². The summed E-state index contributed by atoms with van der Waals surface area (Å²) >= 11 is 5.85. The summed E-state index contributed by atoms with van der Waals surface area (Å²) in [5.41, 5.74) is -1.05. The first-order valence-electron chi connectivity index (χ1n) is 11.9. The Morgan fingerprint density at radius 3 is 2.03 bits per heavy atom. The van der Waals surface area contributed by atoms with Crippen molar-refractivity contribution in [2.45, 2.75) is 71.5 Å². The standard InChI is InChI=1S/C27H30ClFN4O5/c1-26(2,3)37-24(35)33(25(36)38-27(4,5)6)23-31-21-18(11-8-12-19(21)29)22(32-23)20(34)14-13-16-9-7-10-17(15-28)30-16/h7-12H,13-15H2,1-6H3. The second kappa shape index (κ2) is 11.4. The Labute approximate surface area is 225 Å². The summed E-state index contributed by atoms with van der Waals surface area (Å²) in [6.07, 6.45) is -2.04. The average Bonchev–Trinajstić information content (AvgIpc) is 2.80. The van der Waals surface area contributed by atoms with Crippen LogP contribution < -0.4 is 4.90 Å². The second-order valence-corrected chi connectivity index (χ2v) is 10.7. The van der Waals surface area contributed by atoms with Gasteiger partial charge in [-0.25, -0.2) is 23.9 Å². The number of ketones is 1. The van der Waals surface area contributed by atoms with E-state index in [4.69, 9.17) is 21.1 Å². The van der Waals surface area contributed by atoms with Crippen LogP contribution in [0.15, 0.2) is 36.4 Å². The molecule has 0 saturated heterocycles. The van der Waals surface area contributed by atoms with E-state index in [-0.39, 0.29) is 35.3 Å². The second-order valence-electron chi connectivity index (χ2n) is 10.5. The molecule has 0 aliphatic carbocycles. The predicted octanol–water partition coefficient (Wildman–Crippen LogP) is 6.39. The molecule has 202 valence electrons. The SMILES string of the molecule is CC(C)(C)OC(=O)N(C(=O)OC(C)(C)C)c1nc(C(=O)CCc2cccc(CCl)n2)c2cccc(F)c2n1. The summed E-state index contributed by atoms with van der Waals surface area (Å²) in [7, 11) is 0. The maximum absolute atomic E-state index is 14.9. The molecule has 0 radical (unpaired) electrons. The van der Waals surface area contributed by atoms with Gasteiger partial charge in [-0.2, -0.15) is 0 Å². The number of nitrogens with zero attached hydrogens (tertiary/aromatic N) is 4. The smallest absolute Gasteiger partial charge is 0.427 e. The first kappa shape index (κ1) is 28.9. The first-order chi connectivity index (χ1) is 17.7. The topological polar surface area (TPSA) is 112 Å². The highest BCUT2D eigenvalue weighted by Crippen LogP contribution is 2.26. The molecular weight excluding hydrogens is 515 g/mol. The Bertz CT molecular complexity index is 1340. The third kappa shape index (κ3) is 7.44. The number of aromatic nitrogens is 3. The fraction of sp³-hybridized carbons (Fsp3) is 0.407. The summed E-state index contributed by atoms with van der Waals surface area (Å²) in [4.78, 5) is 52.7. The summed E-state index contributed by atoms with van der Waals surface area (Å²) in [5, 5.41) is 0.134. The van der Waals surface area contributed by atoms with Gasteiger partial charge in [0, 0.05) is 17.5 Å². The molecule has 0 aliphatic rings. The molecule has 1 aromatic carbocycles. The van der Waals surface area contributed by atoms with Crippen LogP contribution in [0.25, 0.3) is 10.9 Å². The van der Waals surface area contributed by atoms with Crippen molar-refractivity contribution in [3.05, 3.63) is 59.3 Å². The van der Waals surface area contributed by atoms with Gasteiger partial charge in [-0.3, -0.25) is 9.78 Å². The van der Waals surface area contributed by atoms with Crippen LogP contribution >= 0.6 is 11.6 Å². The van der Waals surface area contributed by atoms with Gasteiger partial charge in [-0.05, 0) is 66.2 Å². The van der Waals surface area contributed by atoms with Crippen LogP contribution in [0.3, 0.4) is 0 Å². The van der Waals surface area contributed by atoms with Gasteiger partial charge in [0.15, 0.2) is 5.78 Å². The van der Waals surface area contributed by atoms with E-state index in [2.05, 4.69) is 15.0 Å². The molecule has 2 heterocycles. The number of imide groups is 1. The number of hydrogen-bond donors (Lipinski definition) is 0. The van der Waals surface area contributed by atoms with Crippen molar-refractivity contribution < 1.29 is 28.2 Å². The van der Waals surface area contributed by atoms with Gasteiger partial charge in [0.05, 0.1) is 11.6 Å². The zero-order valence-electron chi connectivity index (χ0n) is 22.2. The molecule has 2 amide bonds. The molecule has 38 heavy (non-hydrogen) atoms. The van der Waals surface area contributed by atoms with Gasteiger partial charge in [0.1, 0.15) is 28.2 Å². The zero-order valence-corrected chi connectivity index (χ0v) is 22.9. The van der Waals surface area contributed by atoms with E-state index >= 15 is 0 Å². The number of para-hydroxylation sites is 1. The van der Waals surface area contributed by atoms with Crippen molar-refractivity contribution in [3.8, 4) is 0 Å². The van der Waals surface area contributed by atoms with Gasteiger partial charge >= 0.3 is 12.2 Å². The molecule has 0 saturated carbocycles. The molecule has 0 fully saturated rings. The highest BCUT2D eigenvalue weighted by atomic mass is 35.5. The molecule has 2 aromatic heterocycles. The van der Waals surface area contributed by atoms with Crippen molar-refractivity contribution in [1.82, 2.24) is 15.0 Å². The molecule has 0 atom stereocenters. The van der Waals surface area contributed by atoms with Crippen LogP contribution in [0, 0.1) is 5.82 Å². The number of benzene rings is 1. The lowest BCUT2D eigenvalue weighted by Gasteiger charge is -2.27. The van der Waals surface area contributed by atoms with Crippen LogP contribution in [0.2, 0.25) is 0 Å². The van der Waals surface area contributed by atoms with Crippen LogP contribution in [0.5, 0.6) is 0 Å². The van der Waals surface area contributed by atoms with Crippen molar-refractivity contribution in [2.24, 2.45) is 0 Å². The third-order valence-corrected chi connectivity index (χ3v) is 5.17. The zero-order chi connectivity index (χ0) is 28.3. The summed E-state index contributed by atoms with van der Waals surface area (Å²) in [6.45, 7) is 9.67. The van der Waals surface area contributed by atoms with Crippen LogP contribution in [-0.4, -0.2) is 44.1 Å². The minimum absolute atomic E-state index is 0.0281. The molecule has 0 N–H and O–H groups in total. The van der Waals surface area contributed by atoms with Crippen molar-refractivity contribution >= 4 is 46.4 Å². The highest BCUT2D eigenvalue weighted by Gasteiger charge is 2.35. The van der Waals surface area contributed by atoms with Gasteiger partial charge < -0.3 is 9.47 Å². The minimum Gasteiger partial charge on any atom is -0.443 e. The fourth-order valence-electron chi connectivity index (χ4n) is 3.37. The Morgan fingerprint density at radius 2 is 1.45 bits per heavy atom. The maximum Gasteiger partial charge on any atom is 0.427 e. The number of alkyl halides is 1. The number of ether oxygens (including phenoxy) is 2. The van der Waals surface area contributed by atoms with Gasteiger partial charge in [-0.15, -0.1) is 16.5 Å². The van der Waals surface area contributed by atoms with Crippen molar-refractivity contribution in [1.29, 1.82) is 0 Å². The number of aryl methyl sites for hydroxylation is 1. The van der Waals surface area contributed by atoms with E-state index in [1.807, 2.05) is 0 Å². The molecule has 0 bridgehead atoms. The molecular formula is C27H30ClFN4O5. The monoisotopic (exact) mass is 544 g/mol. The molecule has 0 aliphatic heterocycles. The van der Waals surface area contributed by atoms with Crippen LogP contribution in [0.1, 0.15) is 69.8 Å². The van der Waals surface area contributed by atoms with E-state index in [0.717, 1.165) is 6.07 Å².